The second kappa shape index (κ2) is 10.2. The predicted molar refractivity (Wildman–Crippen MR) is 115 cm³/mol. The fourth-order valence-corrected chi connectivity index (χ4v) is 4.22. The molecule has 1 amide bonds. The number of benzene rings is 2. The molecule has 1 unspecified atom stereocenters. The maximum absolute atomic E-state index is 13.5. The van der Waals surface area contributed by atoms with Crippen molar-refractivity contribution in [3.63, 3.8) is 0 Å². The highest BCUT2D eigenvalue weighted by atomic mass is 32.2. The van der Waals surface area contributed by atoms with E-state index in [1.54, 1.807) is 13.2 Å². The van der Waals surface area contributed by atoms with E-state index in [2.05, 4.69) is 17.1 Å². The van der Waals surface area contributed by atoms with Gasteiger partial charge in [-0.25, -0.2) is 4.39 Å². The number of thioether (sulfide) groups is 1. The minimum Gasteiger partial charge on any atom is -0.497 e. The molecular weight excluding hydrogens is 403 g/mol. The van der Waals surface area contributed by atoms with Gasteiger partial charge in [-0.05, 0) is 36.2 Å². The van der Waals surface area contributed by atoms with Gasteiger partial charge in [-0.15, -0.1) is 10.2 Å². The molecule has 1 atom stereocenters. The monoisotopic (exact) mass is 428 g/mol. The van der Waals surface area contributed by atoms with Crippen LogP contribution in [0.4, 0.5) is 4.39 Å². The Bertz CT molecular complexity index is 1010. The summed E-state index contributed by atoms with van der Waals surface area (Å²) in [7, 11) is 1.61. The number of hydrogen-bond acceptors (Lipinski definition) is 5. The summed E-state index contributed by atoms with van der Waals surface area (Å²) in [6.45, 7) is 2.06. The Morgan fingerprint density at radius 2 is 2.03 bits per heavy atom. The van der Waals surface area contributed by atoms with E-state index in [0.717, 1.165) is 24.1 Å². The summed E-state index contributed by atoms with van der Waals surface area (Å²) in [4.78, 5) is 11.7. The van der Waals surface area contributed by atoms with Crippen LogP contribution in [0.2, 0.25) is 0 Å². The first kappa shape index (κ1) is 21.8. The Morgan fingerprint density at radius 1 is 1.23 bits per heavy atom. The molecule has 158 valence electrons. The van der Waals surface area contributed by atoms with Crippen molar-refractivity contribution in [1.29, 1.82) is 0 Å². The Morgan fingerprint density at radius 3 is 2.73 bits per heavy atom. The highest BCUT2D eigenvalue weighted by molar-refractivity contribution is 7.98. The van der Waals surface area contributed by atoms with Crippen LogP contribution in [0.25, 0.3) is 5.69 Å². The number of hydrogen-bond donors (Lipinski definition) is 1. The number of aromatic nitrogens is 3. The van der Waals surface area contributed by atoms with Gasteiger partial charge in [-0.2, -0.15) is 0 Å². The molecule has 1 heterocycles. The van der Waals surface area contributed by atoms with E-state index in [9.17, 15) is 9.18 Å². The van der Waals surface area contributed by atoms with Crippen LogP contribution in [0.15, 0.2) is 53.7 Å². The van der Waals surface area contributed by atoms with E-state index in [0.29, 0.717) is 22.5 Å². The lowest BCUT2D eigenvalue weighted by Crippen LogP contribution is -2.18. The normalized spacial score (nSPS) is 12.0. The third-order valence-corrected chi connectivity index (χ3v) is 5.68. The lowest BCUT2D eigenvalue weighted by atomic mass is 9.98. The molecule has 0 radical (unpaired) electrons. The van der Waals surface area contributed by atoms with E-state index in [1.807, 2.05) is 34.9 Å². The van der Waals surface area contributed by atoms with E-state index in [-0.39, 0.29) is 24.1 Å². The highest BCUT2D eigenvalue weighted by Crippen LogP contribution is 2.32. The minimum absolute atomic E-state index is 0.144. The molecule has 0 saturated heterocycles. The first-order valence-corrected chi connectivity index (χ1v) is 10.8. The first-order chi connectivity index (χ1) is 14.5. The number of carbonyl (C=O) groups excluding carboxylic acids is 1. The van der Waals surface area contributed by atoms with Crippen LogP contribution in [0.1, 0.15) is 43.5 Å². The van der Waals surface area contributed by atoms with E-state index in [4.69, 9.17) is 10.5 Å². The maximum atomic E-state index is 13.5. The van der Waals surface area contributed by atoms with Crippen LogP contribution in [0.5, 0.6) is 5.75 Å². The summed E-state index contributed by atoms with van der Waals surface area (Å²) < 4.78 is 20.8. The van der Waals surface area contributed by atoms with Gasteiger partial charge in [0, 0.05) is 24.2 Å². The van der Waals surface area contributed by atoms with Crippen molar-refractivity contribution >= 4 is 17.7 Å². The van der Waals surface area contributed by atoms with Crippen molar-refractivity contribution in [3.8, 4) is 11.4 Å². The van der Waals surface area contributed by atoms with Crippen LogP contribution >= 0.6 is 11.8 Å². The zero-order chi connectivity index (χ0) is 21.5. The number of carbonyl (C=O) groups is 1. The van der Waals surface area contributed by atoms with Gasteiger partial charge < -0.3 is 10.5 Å². The fraction of sp³-hybridized carbons (Fsp3) is 0.318. The smallest absolute Gasteiger partial charge is 0.218 e. The summed E-state index contributed by atoms with van der Waals surface area (Å²) in [5, 5.41) is 9.46. The minimum atomic E-state index is -0.373. The molecule has 0 aliphatic rings. The molecule has 2 aromatic carbocycles. The number of amides is 1. The molecule has 30 heavy (non-hydrogen) atoms. The van der Waals surface area contributed by atoms with E-state index in [1.165, 1.54) is 23.9 Å². The first-order valence-electron chi connectivity index (χ1n) is 9.77. The van der Waals surface area contributed by atoms with Crippen molar-refractivity contribution in [2.45, 2.75) is 43.0 Å². The molecule has 0 spiro atoms. The van der Waals surface area contributed by atoms with E-state index < -0.39 is 0 Å². The summed E-state index contributed by atoms with van der Waals surface area (Å²) in [5.41, 5.74) is 7.18. The molecule has 0 aliphatic carbocycles. The van der Waals surface area contributed by atoms with Crippen LogP contribution < -0.4 is 10.5 Å². The topological polar surface area (TPSA) is 83.0 Å². The number of primary amides is 1. The van der Waals surface area contributed by atoms with Gasteiger partial charge >= 0.3 is 0 Å². The fourth-order valence-electron chi connectivity index (χ4n) is 3.32. The van der Waals surface area contributed by atoms with Gasteiger partial charge in [0.15, 0.2) is 5.16 Å². The molecule has 1 aromatic heterocycles. The molecular formula is C22H25FN4O2S. The SMILES string of the molecule is CCCC(CC(N)=O)c1nnc(SCc2cccc(F)c2)n1-c1cccc(OC)c1. The molecule has 0 saturated carbocycles. The molecule has 3 aromatic rings. The molecule has 2 N–H and O–H groups in total. The second-order valence-corrected chi connectivity index (χ2v) is 7.89. The molecule has 0 fully saturated rings. The average Bonchev–Trinajstić information content (AvgIpc) is 3.15. The largest absolute Gasteiger partial charge is 0.497 e. The second-order valence-electron chi connectivity index (χ2n) is 6.95. The molecule has 6 nitrogen and oxygen atoms in total. The number of nitrogens with two attached hydrogens (primary N) is 1. The number of ether oxygens (including phenoxy) is 1. The van der Waals surface area contributed by atoms with Crippen molar-refractivity contribution in [2.75, 3.05) is 7.11 Å². The third-order valence-electron chi connectivity index (χ3n) is 4.68. The van der Waals surface area contributed by atoms with E-state index >= 15 is 0 Å². The predicted octanol–water partition coefficient (Wildman–Crippen LogP) is 4.47. The standard InChI is InChI=1S/C22H25FN4O2S/c1-3-6-16(12-20(24)28)21-25-26-22(30-14-15-7-4-8-17(23)11-15)27(21)18-9-5-10-19(13-18)29-2/h4-5,7-11,13,16H,3,6,12,14H2,1-2H3,(H2,24,28). The third kappa shape index (κ3) is 5.38. The van der Waals surface area contributed by atoms with Crippen LogP contribution in [0, 0.1) is 5.82 Å². The maximum Gasteiger partial charge on any atom is 0.218 e. The number of methoxy groups -OCH3 is 1. The molecule has 0 bridgehead atoms. The van der Waals surface area contributed by atoms with Crippen LogP contribution in [0.3, 0.4) is 0 Å². The quantitative estimate of drug-likeness (QED) is 0.482. The number of rotatable bonds is 10. The van der Waals surface area contributed by atoms with Crippen molar-refractivity contribution < 1.29 is 13.9 Å². The molecule has 0 aliphatic heterocycles. The van der Waals surface area contributed by atoms with Gasteiger partial charge in [0.05, 0.1) is 12.8 Å². The zero-order valence-corrected chi connectivity index (χ0v) is 17.9. The molecule has 8 heteroatoms. The summed E-state index contributed by atoms with van der Waals surface area (Å²) in [6.07, 6.45) is 1.85. The van der Waals surface area contributed by atoms with Gasteiger partial charge in [0.1, 0.15) is 17.4 Å². The Kier molecular flexibility index (Phi) is 7.46. The lowest BCUT2D eigenvalue weighted by Gasteiger charge is -2.17. The van der Waals surface area contributed by atoms with Gasteiger partial charge in [-0.1, -0.05) is 43.3 Å². The Labute approximate surface area is 179 Å². The Balaban J connectivity index is 2.01. The summed E-state index contributed by atoms with van der Waals surface area (Å²) in [6, 6.07) is 14.1. The van der Waals surface area contributed by atoms with Gasteiger partial charge in [0.25, 0.3) is 0 Å². The highest BCUT2D eigenvalue weighted by Gasteiger charge is 2.24. The molecule has 3 rings (SSSR count). The van der Waals surface area contributed by atoms with Crippen molar-refractivity contribution in [3.05, 3.63) is 65.7 Å². The Hall–Kier alpha value is -2.87. The number of halogens is 1. The van der Waals surface area contributed by atoms with Gasteiger partial charge in [-0.3, -0.25) is 9.36 Å². The van der Waals surface area contributed by atoms with Gasteiger partial charge in [0.2, 0.25) is 5.91 Å². The summed E-state index contributed by atoms with van der Waals surface area (Å²) >= 11 is 1.46. The lowest BCUT2D eigenvalue weighted by molar-refractivity contribution is -0.118. The summed E-state index contributed by atoms with van der Waals surface area (Å²) in [5.74, 6) is 1.14. The van der Waals surface area contributed by atoms with Crippen molar-refractivity contribution in [2.24, 2.45) is 5.73 Å². The van der Waals surface area contributed by atoms with Crippen LogP contribution in [-0.4, -0.2) is 27.8 Å². The number of nitrogens with zero attached hydrogens (tertiary/aromatic N) is 3. The average molecular weight is 429 g/mol. The van der Waals surface area contributed by atoms with Crippen LogP contribution in [-0.2, 0) is 10.5 Å². The van der Waals surface area contributed by atoms with Crippen molar-refractivity contribution in [1.82, 2.24) is 14.8 Å². The zero-order valence-electron chi connectivity index (χ0n) is 17.0.